The van der Waals surface area contributed by atoms with Gasteiger partial charge in [-0.05, 0) is 54.3 Å². The molecule has 0 radical (unpaired) electrons. The standard InChI is InChI=1S/C27H29NO.ClH/c29-27(23-12-6-2-7-13-23,24-14-8-3-9-15-24)25-16-17-28-20-22(18-26(28)19-25)21-10-4-1-5-11-21;/h1-15,22,25-26,29H,16-20H2;1H. The summed E-state index contributed by atoms with van der Waals surface area (Å²) in [5, 5.41) is 12.2. The van der Waals surface area contributed by atoms with Gasteiger partial charge in [0.2, 0.25) is 0 Å². The lowest BCUT2D eigenvalue weighted by atomic mass is 9.70. The van der Waals surface area contributed by atoms with E-state index in [1.807, 2.05) is 36.4 Å². The van der Waals surface area contributed by atoms with Gasteiger partial charge in [-0.15, -0.1) is 12.4 Å². The third-order valence-corrected chi connectivity index (χ3v) is 7.14. The van der Waals surface area contributed by atoms with Crippen LogP contribution >= 0.6 is 12.4 Å². The van der Waals surface area contributed by atoms with Crippen molar-refractivity contribution in [3.63, 3.8) is 0 Å². The number of fused-ring (bicyclic) bond motifs is 1. The van der Waals surface area contributed by atoms with Gasteiger partial charge in [0.05, 0.1) is 0 Å². The van der Waals surface area contributed by atoms with Crippen molar-refractivity contribution < 1.29 is 5.11 Å². The van der Waals surface area contributed by atoms with Crippen LogP contribution in [-0.4, -0.2) is 29.1 Å². The Morgan fingerprint density at radius 3 is 1.83 bits per heavy atom. The van der Waals surface area contributed by atoms with Crippen LogP contribution in [-0.2, 0) is 5.60 Å². The first kappa shape index (κ1) is 21.1. The van der Waals surface area contributed by atoms with Crippen LogP contribution < -0.4 is 0 Å². The summed E-state index contributed by atoms with van der Waals surface area (Å²) in [5.41, 5.74) is 2.56. The van der Waals surface area contributed by atoms with E-state index in [-0.39, 0.29) is 18.3 Å². The van der Waals surface area contributed by atoms with E-state index in [2.05, 4.69) is 59.5 Å². The maximum absolute atomic E-state index is 12.2. The molecule has 156 valence electrons. The highest BCUT2D eigenvalue weighted by atomic mass is 35.5. The molecule has 3 aromatic carbocycles. The molecule has 0 spiro atoms. The van der Waals surface area contributed by atoms with Gasteiger partial charge in [0, 0.05) is 12.6 Å². The molecule has 3 unspecified atom stereocenters. The van der Waals surface area contributed by atoms with Crippen molar-refractivity contribution in [3.05, 3.63) is 108 Å². The molecule has 2 nitrogen and oxygen atoms in total. The zero-order valence-electron chi connectivity index (χ0n) is 17.2. The molecule has 2 aliphatic rings. The SMILES string of the molecule is Cl.OC(c1ccccc1)(c1ccccc1)C1CCN2CC(c3ccccc3)CC2C1. The van der Waals surface area contributed by atoms with Crippen LogP contribution in [0.15, 0.2) is 91.0 Å². The third-order valence-electron chi connectivity index (χ3n) is 7.14. The molecule has 30 heavy (non-hydrogen) atoms. The molecular formula is C27H30ClNO. The van der Waals surface area contributed by atoms with Crippen LogP contribution in [0.1, 0.15) is 41.9 Å². The molecule has 0 bridgehead atoms. The summed E-state index contributed by atoms with van der Waals surface area (Å²) in [5.74, 6) is 0.838. The lowest BCUT2D eigenvalue weighted by Gasteiger charge is -2.44. The van der Waals surface area contributed by atoms with Crippen molar-refractivity contribution in [1.29, 1.82) is 0 Å². The highest BCUT2D eigenvalue weighted by molar-refractivity contribution is 5.85. The van der Waals surface area contributed by atoms with E-state index >= 15 is 0 Å². The van der Waals surface area contributed by atoms with Crippen LogP contribution in [0.4, 0.5) is 0 Å². The maximum Gasteiger partial charge on any atom is 0.117 e. The van der Waals surface area contributed by atoms with Crippen molar-refractivity contribution >= 4 is 12.4 Å². The largest absolute Gasteiger partial charge is 0.380 e. The summed E-state index contributed by atoms with van der Waals surface area (Å²) in [6.07, 6.45) is 3.27. The molecule has 3 heteroatoms. The fraction of sp³-hybridized carbons (Fsp3) is 0.333. The van der Waals surface area contributed by atoms with Crippen LogP contribution in [0.3, 0.4) is 0 Å². The summed E-state index contributed by atoms with van der Waals surface area (Å²) in [4.78, 5) is 2.66. The summed E-state index contributed by atoms with van der Waals surface area (Å²) in [7, 11) is 0. The molecule has 2 heterocycles. The third kappa shape index (κ3) is 3.80. The second-order valence-electron chi connectivity index (χ2n) is 8.71. The number of rotatable bonds is 4. The Hall–Kier alpha value is -2.13. The van der Waals surface area contributed by atoms with Gasteiger partial charge in [-0.25, -0.2) is 0 Å². The number of nitrogens with zero attached hydrogens (tertiary/aromatic N) is 1. The van der Waals surface area contributed by atoms with E-state index in [9.17, 15) is 5.11 Å². The van der Waals surface area contributed by atoms with Gasteiger partial charge in [0.1, 0.15) is 5.60 Å². The lowest BCUT2D eigenvalue weighted by Crippen LogP contribution is -2.46. The van der Waals surface area contributed by atoms with Gasteiger partial charge in [0.25, 0.3) is 0 Å². The number of halogens is 1. The number of aliphatic hydroxyl groups is 1. The highest BCUT2D eigenvalue weighted by Gasteiger charge is 2.46. The van der Waals surface area contributed by atoms with E-state index < -0.39 is 5.60 Å². The quantitative estimate of drug-likeness (QED) is 0.593. The second kappa shape index (κ2) is 8.93. The first-order valence-corrected chi connectivity index (χ1v) is 10.9. The molecule has 0 amide bonds. The Labute approximate surface area is 186 Å². The van der Waals surface area contributed by atoms with E-state index in [0.717, 1.165) is 37.1 Å². The topological polar surface area (TPSA) is 23.5 Å². The Morgan fingerprint density at radius 2 is 1.27 bits per heavy atom. The van der Waals surface area contributed by atoms with Crippen molar-refractivity contribution in [2.24, 2.45) is 5.92 Å². The second-order valence-corrected chi connectivity index (χ2v) is 8.71. The Morgan fingerprint density at radius 1 is 0.733 bits per heavy atom. The monoisotopic (exact) mass is 419 g/mol. The van der Waals surface area contributed by atoms with Gasteiger partial charge in [0.15, 0.2) is 0 Å². The fourth-order valence-corrected chi connectivity index (χ4v) is 5.64. The maximum atomic E-state index is 12.2. The first-order chi connectivity index (χ1) is 14.2. The van der Waals surface area contributed by atoms with E-state index in [1.165, 1.54) is 12.0 Å². The van der Waals surface area contributed by atoms with Crippen LogP contribution in [0.2, 0.25) is 0 Å². The summed E-state index contributed by atoms with van der Waals surface area (Å²) in [6.45, 7) is 2.22. The minimum atomic E-state index is -0.931. The normalized spacial score (nSPS) is 24.1. The minimum absolute atomic E-state index is 0. The zero-order valence-corrected chi connectivity index (χ0v) is 18.0. The van der Waals surface area contributed by atoms with Gasteiger partial charge < -0.3 is 5.11 Å². The van der Waals surface area contributed by atoms with Crippen molar-refractivity contribution in [2.75, 3.05) is 13.1 Å². The van der Waals surface area contributed by atoms with Crippen LogP contribution in [0.25, 0.3) is 0 Å². The molecule has 0 aliphatic carbocycles. The molecule has 3 atom stereocenters. The molecule has 1 N–H and O–H groups in total. The average Bonchev–Trinajstić information content (AvgIpc) is 3.24. The van der Waals surface area contributed by atoms with E-state index in [1.54, 1.807) is 0 Å². The summed E-state index contributed by atoms with van der Waals surface area (Å²) in [6, 6.07) is 32.0. The smallest absolute Gasteiger partial charge is 0.117 e. The van der Waals surface area contributed by atoms with Gasteiger partial charge in [-0.2, -0.15) is 0 Å². The molecule has 3 aromatic rings. The van der Waals surface area contributed by atoms with Gasteiger partial charge in [-0.1, -0.05) is 91.0 Å². The number of hydrogen-bond acceptors (Lipinski definition) is 2. The molecule has 0 aromatic heterocycles. The van der Waals surface area contributed by atoms with Gasteiger partial charge in [-0.3, -0.25) is 4.90 Å². The number of benzene rings is 3. The molecule has 2 saturated heterocycles. The zero-order chi connectivity index (χ0) is 19.7. The van der Waals surface area contributed by atoms with Crippen LogP contribution in [0.5, 0.6) is 0 Å². The molecule has 2 aliphatic heterocycles. The van der Waals surface area contributed by atoms with E-state index in [0.29, 0.717) is 12.0 Å². The van der Waals surface area contributed by atoms with Crippen LogP contribution in [0, 0.1) is 5.92 Å². The molecule has 5 rings (SSSR count). The Balaban J connectivity index is 0.00000218. The summed E-state index contributed by atoms with van der Waals surface area (Å²) >= 11 is 0. The Bertz CT molecular complexity index is 891. The number of hydrogen-bond donors (Lipinski definition) is 1. The minimum Gasteiger partial charge on any atom is -0.380 e. The highest BCUT2D eigenvalue weighted by Crippen LogP contribution is 2.46. The van der Waals surface area contributed by atoms with Crippen molar-refractivity contribution in [2.45, 2.75) is 36.8 Å². The molecule has 0 saturated carbocycles. The first-order valence-electron chi connectivity index (χ1n) is 10.9. The van der Waals surface area contributed by atoms with E-state index in [4.69, 9.17) is 0 Å². The average molecular weight is 420 g/mol. The van der Waals surface area contributed by atoms with Crippen molar-refractivity contribution in [3.8, 4) is 0 Å². The Kier molecular flexibility index (Phi) is 6.29. The number of piperidine rings is 1. The predicted molar refractivity (Wildman–Crippen MR) is 125 cm³/mol. The van der Waals surface area contributed by atoms with Gasteiger partial charge >= 0.3 is 0 Å². The molecule has 2 fully saturated rings. The lowest BCUT2D eigenvalue weighted by molar-refractivity contribution is -0.0232. The fourth-order valence-electron chi connectivity index (χ4n) is 5.64. The predicted octanol–water partition coefficient (Wildman–Crippen LogP) is 5.61. The molecular weight excluding hydrogens is 390 g/mol. The summed E-state index contributed by atoms with van der Waals surface area (Å²) < 4.78 is 0. The van der Waals surface area contributed by atoms with Crippen molar-refractivity contribution in [1.82, 2.24) is 4.90 Å².